The van der Waals surface area contributed by atoms with Gasteiger partial charge in [0.05, 0.1) is 5.56 Å². The summed E-state index contributed by atoms with van der Waals surface area (Å²) in [6, 6.07) is 11.2. The Bertz CT molecular complexity index is 1060. The number of allylic oxidation sites excluding steroid dienone is 1. The van der Waals surface area contributed by atoms with Gasteiger partial charge in [-0.15, -0.1) is 16.8 Å². The van der Waals surface area contributed by atoms with E-state index in [2.05, 4.69) is 16.8 Å². The molecule has 164 valence electrons. The fourth-order valence-corrected chi connectivity index (χ4v) is 3.94. The molecule has 0 spiro atoms. The summed E-state index contributed by atoms with van der Waals surface area (Å²) in [5.74, 6) is 1.71. The van der Waals surface area contributed by atoms with Crippen LogP contribution in [0, 0.1) is 13.8 Å². The van der Waals surface area contributed by atoms with Crippen molar-refractivity contribution in [3.05, 3.63) is 83.2 Å². The van der Waals surface area contributed by atoms with Crippen molar-refractivity contribution >= 4 is 11.8 Å². The van der Waals surface area contributed by atoms with Crippen molar-refractivity contribution in [2.24, 2.45) is 0 Å². The van der Waals surface area contributed by atoms with Gasteiger partial charge in [-0.05, 0) is 55.7 Å². The molecule has 31 heavy (non-hydrogen) atoms. The molecule has 0 amide bonds. The number of ether oxygens (including phenoxy) is 1. The van der Waals surface area contributed by atoms with Crippen molar-refractivity contribution in [3.63, 3.8) is 0 Å². The highest BCUT2D eigenvalue weighted by Crippen LogP contribution is 2.32. The minimum Gasteiger partial charge on any atom is -0.483 e. The molecule has 0 fully saturated rings. The summed E-state index contributed by atoms with van der Waals surface area (Å²) < 4.78 is 46.8. The molecule has 0 saturated carbocycles. The second kappa shape index (κ2) is 9.60. The Morgan fingerprint density at radius 3 is 2.58 bits per heavy atom. The van der Waals surface area contributed by atoms with Gasteiger partial charge in [0.1, 0.15) is 5.75 Å². The number of rotatable bonds is 8. The SMILES string of the molecule is C=CCn1c(SCc2cccc(C(F)(F)F)c2)nnc1C(C)Oc1ccc(C)c(C)c1. The molecule has 1 unspecified atom stereocenters. The van der Waals surface area contributed by atoms with E-state index in [9.17, 15) is 13.2 Å². The fourth-order valence-electron chi connectivity index (χ4n) is 3.04. The molecular weight excluding hydrogens is 423 g/mol. The molecule has 3 rings (SSSR count). The van der Waals surface area contributed by atoms with E-state index in [4.69, 9.17) is 4.74 Å². The molecule has 0 saturated heterocycles. The van der Waals surface area contributed by atoms with Gasteiger partial charge in [0.15, 0.2) is 17.1 Å². The zero-order chi connectivity index (χ0) is 22.6. The topological polar surface area (TPSA) is 39.9 Å². The third-order valence-electron chi connectivity index (χ3n) is 4.83. The van der Waals surface area contributed by atoms with Crippen molar-refractivity contribution in [2.75, 3.05) is 0 Å². The Balaban J connectivity index is 1.77. The van der Waals surface area contributed by atoms with Crippen LogP contribution in [0.3, 0.4) is 0 Å². The monoisotopic (exact) mass is 447 g/mol. The Morgan fingerprint density at radius 1 is 1.13 bits per heavy atom. The number of thioether (sulfide) groups is 1. The van der Waals surface area contributed by atoms with Crippen LogP contribution < -0.4 is 4.74 Å². The summed E-state index contributed by atoms with van der Waals surface area (Å²) in [5.41, 5.74) is 2.22. The van der Waals surface area contributed by atoms with Crippen LogP contribution in [0.1, 0.15) is 41.1 Å². The van der Waals surface area contributed by atoms with Crippen molar-refractivity contribution in [1.82, 2.24) is 14.8 Å². The zero-order valence-electron chi connectivity index (χ0n) is 17.6. The van der Waals surface area contributed by atoms with E-state index in [0.717, 1.165) is 23.4 Å². The lowest BCUT2D eigenvalue weighted by Crippen LogP contribution is -2.12. The van der Waals surface area contributed by atoms with Crippen molar-refractivity contribution in [2.45, 2.75) is 50.5 Å². The molecule has 8 heteroatoms. The first-order chi connectivity index (χ1) is 14.7. The average Bonchev–Trinajstić information content (AvgIpc) is 3.12. The summed E-state index contributed by atoms with van der Waals surface area (Å²) >= 11 is 1.33. The number of aromatic nitrogens is 3. The van der Waals surface area contributed by atoms with Crippen LogP contribution in [0.15, 0.2) is 60.3 Å². The van der Waals surface area contributed by atoms with E-state index >= 15 is 0 Å². The van der Waals surface area contributed by atoms with E-state index in [1.807, 2.05) is 43.5 Å². The number of aryl methyl sites for hydroxylation is 2. The molecule has 4 nitrogen and oxygen atoms in total. The fraction of sp³-hybridized carbons (Fsp3) is 0.304. The van der Waals surface area contributed by atoms with Crippen LogP contribution >= 0.6 is 11.8 Å². The van der Waals surface area contributed by atoms with Gasteiger partial charge in [-0.3, -0.25) is 4.57 Å². The molecule has 0 N–H and O–H groups in total. The van der Waals surface area contributed by atoms with Gasteiger partial charge in [-0.1, -0.05) is 42.1 Å². The minimum atomic E-state index is -4.36. The summed E-state index contributed by atoms with van der Waals surface area (Å²) in [7, 11) is 0. The highest BCUT2D eigenvalue weighted by Gasteiger charge is 2.30. The van der Waals surface area contributed by atoms with Gasteiger partial charge in [0, 0.05) is 12.3 Å². The number of benzene rings is 2. The van der Waals surface area contributed by atoms with E-state index in [0.29, 0.717) is 28.8 Å². The lowest BCUT2D eigenvalue weighted by atomic mass is 10.1. The first-order valence-electron chi connectivity index (χ1n) is 9.76. The second-order valence-corrected chi connectivity index (χ2v) is 8.18. The molecule has 0 aliphatic rings. The maximum Gasteiger partial charge on any atom is 0.416 e. The van der Waals surface area contributed by atoms with Crippen LogP contribution in [-0.4, -0.2) is 14.8 Å². The molecule has 2 aromatic carbocycles. The van der Waals surface area contributed by atoms with Gasteiger partial charge < -0.3 is 4.74 Å². The van der Waals surface area contributed by atoms with Crippen LogP contribution in [0.2, 0.25) is 0 Å². The van der Waals surface area contributed by atoms with Gasteiger partial charge in [-0.25, -0.2) is 0 Å². The molecule has 0 radical (unpaired) electrons. The maximum absolute atomic E-state index is 13.0. The lowest BCUT2D eigenvalue weighted by molar-refractivity contribution is -0.137. The predicted molar refractivity (Wildman–Crippen MR) is 116 cm³/mol. The highest BCUT2D eigenvalue weighted by molar-refractivity contribution is 7.98. The predicted octanol–water partition coefficient (Wildman–Crippen LogP) is 6.53. The Morgan fingerprint density at radius 2 is 1.90 bits per heavy atom. The van der Waals surface area contributed by atoms with Crippen LogP contribution in [0.25, 0.3) is 0 Å². The van der Waals surface area contributed by atoms with Gasteiger partial charge in [0.2, 0.25) is 0 Å². The molecule has 1 atom stereocenters. The average molecular weight is 448 g/mol. The summed E-state index contributed by atoms with van der Waals surface area (Å²) in [5, 5.41) is 9.12. The van der Waals surface area contributed by atoms with Crippen LogP contribution in [0.5, 0.6) is 5.75 Å². The van der Waals surface area contributed by atoms with E-state index < -0.39 is 11.7 Å². The Kier molecular flexibility index (Phi) is 7.10. The van der Waals surface area contributed by atoms with Crippen LogP contribution in [-0.2, 0) is 18.5 Å². The standard InChI is InChI=1S/C23H24F3N3OS/c1-5-11-29-21(17(4)30-20-10-9-15(2)16(3)12-20)27-28-22(29)31-14-18-7-6-8-19(13-18)23(24,25)26/h5-10,12-13,17H,1,11,14H2,2-4H3. The number of nitrogens with zero attached hydrogens (tertiary/aromatic N) is 3. The third-order valence-corrected chi connectivity index (χ3v) is 5.87. The Hall–Kier alpha value is -2.74. The van der Waals surface area contributed by atoms with Crippen molar-refractivity contribution < 1.29 is 17.9 Å². The van der Waals surface area contributed by atoms with Gasteiger partial charge in [0.25, 0.3) is 0 Å². The Labute approximate surface area is 184 Å². The summed E-state index contributed by atoms with van der Waals surface area (Å²) in [6.45, 7) is 10.2. The lowest BCUT2D eigenvalue weighted by Gasteiger charge is -2.16. The minimum absolute atomic E-state index is 0.339. The smallest absolute Gasteiger partial charge is 0.416 e. The van der Waals surface area contributed by atoms with Crippen molar-refractivity contribution in [3.8, 4) is 5.75 Å². The molecule has 0 aliphatic carbocycles. The molecular formula is C23H24F3N3OS. The molecule has 0 bridgehead atoms. The summed E-state index contributed by atoms with van der Waals surface area (Å²) in [4.78, 5) is 0. The number of halogens is 3. The number of hydrogen-bond donors (Lipinski definition) is 0. The van der Waals surface area contributed by atoms with Gasteiger partial charge in [-0.2, -0.15) is 13.2 Å². The largest absolute Gasteiger partial charge is 0.483 e. The zero-order valence-corrected chi connectivity index (χ0v) is 18.4. The number of alkyl halides is 3. The van der Waals surface area contributed by atoms with Gasteiger partial charge >= 0.3 is 6.18 Å². The molecule has 3 aromatic rings. The van der Waals surface area contributed by atoms with Crippen LogP contribution in [0.4, 0.5) is 13.2 Å². The normalized spacial score (nSPS) is 12.6. The first kappa shape index (κ1) is 22.9. The maximum atomic E-state index is 13.0. The number of hydrogen-bond acceptors (Lipinski definition) is 4. The summed E-state index contributed by atoms with van der Waals surface area (Å²) in [6.07, 6.45) is -3.00. The van der Waals surface area contributed by atoms with E-state index in [1.54, 1.807) is 12.1 Å². The molecule has 0 aliphatic heterocycles. The molecule has 1 aromatic heterocycles. The quantitative estimate of drug-likeness (QED) is 0.291. The van der Waals surface area contributed by atoms with E-state index in [1.165, 1.54) is 23.4 Å². The molecule has 1 heterocycles. The van der Waals surface area contributed by atoms with Crippen molar-refractivity contribution in [1.29, 1.82) is 0 Å². The van der Waals surface area contributed by atoms with E-state index in [-0.39, 0.29) is 6.10 Å². The second-order valence-electron chi connectivity index (χ2n) is 7.23. The highest BCUT2D eigenvalue weighted by atomic mass is 32.2. The first-order valence-corrected chi connectivity index (χ1v) is 10.7. The third kappa shape index (κ3) is 5.70.